The van der Waals surface area contributed by atoms with Crippen molar-refractivity contribution in [2.75, 3.05) is 12.0 Å². The van der Waals surface area contributed by atoms with E-state index in [1.54, 1.807) is 42.2 Å². The van der Waals surface area contributed by atoms with Crippen LogP contribution in [-0.4, -0.2) is 17.1 Å². The Hall–Kier alpha value is -4.66. The number of hydrogen-bond acceptors (Lipinski definition) is 6. The second kappa shape index (κ2) is 10.9. The maximum Gasteiger partial charge on any atom is 0.274 e. The third kappa shape index (κ3) is 6.13. The molecule has 4 aromatic rings. The predicted molar refractivity (Wildman–Crippen MR) is 135 cm³/mol. The number of phenolic OH excluding ortho intramolecular Hbond substituents is 1. The van der Waals surface area contributed by atoms with Crippen molar-refractivity contribution in [1.29, 1.82) is 0 Å². The van der Waals surface area contributed by atoms with Crippen LogP contribution in [0.25, 0.3) is 0 Å². The standard InChI is InChI=1S/C28H24F2N2O5/c1-18-27(4-3-5-28(18)32(34)35)31(17-20-8-9-21(29)12-26(20)30)16-19-6-10-23(11-7-19)37-25-14-22(33)13-24(15-25)36-2/h3-15,33H,16-17H2,1-2H3. The van der Waals surface area contributed by atoms with Gasteiger partial charge in [0.05, 0.1) is 17.6 Å². The van der Waals surface area contributed by atoms with Crippen molar-refractivity contribution in [2.24, 2.45) is 0 Å². The molecule has 0 saturated carbocycles. The van der Waals surface area contributed by atoms with Crippen molar-refractivity contribution in [3.63, 3.8) is 0 Å². The molecule has 7 nitrogen and oxygen atoms in total. The average molecular weight is 507 g/mol. The van der Waals surface area contributed by atoms with Crippen LogP contribution in [0.4, 0.5) is 20.2 Å². The zero-order valence-electron chi connectivity index (χ0n) is 20.2. The van der Waals surface area contributed by atoms with Gasteiger partial charge in [0.2, 0.25) is 0 Å². The highest BCUT2D eigenvalue weighted by molar-refractivity contribution is 5.62. The number of methoxy groups -OCH3 is 1. The number of phenols is 1. The third-order valence-electron chi connectivity index (χ3n) is 5.82. The molecule has 0 aliphatic heterocycles. The largest absolute Gasteiger partial charge is 0.508 e. The van der Waals surface area contributed by atoms with Crippen LogP contribution < -0.4 is 14.4 Å². The Labute approximate surface area is 212 Å². The number of nitrogens with zero attached hydrogens (tertiary/aromatic N) is 2. The molecule has 0 aromatic heterocycles. The molecule has 0 amide bonds. The normalized spacial score (nSPS) is 10.7. The van der Waals surface area contributed by atoms with E-state index in [-0.39, 0.29) is 23.5 Å². The first-order chi connectivity index (χ1) is 17.7. The number of benzene rings is 4. The van der Waals surface area contributed by atoms with E-state index in [0.29, 0.717) is 35.0 Å². The molecule has 0 radical (unpaired) electrons. The van der Waals surface area contributed by atoms with Gasteiger partial charge in [0.25, 0.3) is 5.69 Å². The molecule has 4 rings (SSSR count). The quantitative estimate of drug-likeness (QED) is 0.196. The summed E-state index contributed by atoms with van der Waals surface area (Å²) in [6.45, 7) is 2.00. The maximum atomic E-state index is 14.5. The number of nitro benzene ring substituents is 1. The highest BCUT2D eigenvalue weighted by Gasteiger charge is 2.19. The van der Waals surface area contributed by atoms with Gasteiger partial charge in [-0.25, -0.2) is 8.78 Å². The Morgan fingerprint density at radius 1 is 0.919 bits per heavy atom. The molecule has 190 valence electrons. The van der Waals surface area contributed by atoms with Gasteiger partial charge < -0.3 is 19.5 Å². The van der Waals surface area contributed by atoms with E-state index in [0.717, 1.165) is 11.6 Å². The summed E-state index contributed by atoms with van der Waals surface area (Å²) in [4.78, 5) is 12.8. The maximum absolute atomic E-state index is 14.5. The number of anilines is 1. The summed E-state index contributed by atoms with van der Waals surface area (Å²) < 4.78 is 38.9. The Morgan fingerprint density at radius 3 is 2.32 bits per heavy atom. The van der Waals surface area contributed by atoms with Gasteiger partial charge in [-0.1, -0.05) is 24.3 Å². The van der Waals surface area contributed by atoms with Gasteiger partial charge in [-0.15, -0.1) is 0 Å². The lowest BCUT2D eigenvalue weighted by Gasteiger charge is -2.27. The van der Waals surface area contributed by atoms with Crippen LogP contribution in [0.15, 0.2) is 78.9 Å². The van der Waals surface area contributed by atoms with Crippen LogP contribution >= 0.6 is 0 Å². The van der Waals surface area contributed by atoms with Gasteiger partial charge in [-0.2, -0.15) is 0 Å². The second-order valence-corrected chi connectivity index (χ2v) is 8.38. The zero-order valence-corrected chi connectivity index (χ0v) is 20.2. The van der Waals surface area contributed by atoms with Crippen molar-refractivity contribution in [3.05, 3.63) is 117 Å². The average Bonchev–Trinajstić information content (AvgIpc) is 2.86. The first kappa shape index (κ1) is 25.4. The molecule has 0 heterocycles. The number of rotatable bonds is 9. The third-order valence-corrected chi connectivity index (χ3v) is 5.82. The van der Waals surface area contributed by atoms with Crippen LogP contribution in [-0.2, 0) is 13.1 Å². The summed E-state index contributed by atoms with van der Waals surface area (Å²) >= 11 is 0. The summed E-state index contributed by atoms with van der Waals surface area (Å²) in [7, 11) is 1.49. The molecule has 4 aromatic carbocycles. The number of hydrogen-bond donors (Lipinski definition) is 1. The van der Waals surface area contributed by atoms with Gasteiger partial charge in [-0.05, 0) is 36.8 Å². The van der Waals surface area contributed by atoms with Crippen LogP contribution in [0.5, 0.6) is 23.0 Å². The van der Waals surface area contributed by atoms with Crippen LogP contribution in [0.2, 0.25) is 0 Å². The first-order valence-corrected chi connectivity index (χ1v) is 11.3. The second-order valence-electron chi connectivity index (χ2n) is 8.38. The molecular weight excluding hydrogens is 482 g/mol. The summed E-state index contributed by atoms with van der Waals surface area (Å²) in [5, 5.41) is 21.3. The Balaban J connectivity index is 1.62. The molecule has 0 aliphatic rings. The van der Waals surface area contributed by atoms with Crippen molar-refractivity contribution in [3.8, 4) is 23.0 Å². The summed E-state index contributed by atoms with van der Waals surface area (Å²) in [6, 6.07) is 19.8. The highest BCUT2D eigenvalue weighted by atomic mass is 19.1. The molecule has 0 unspecified atom stereocenters. The number of nitro groups is 1. The molecule has 0 saturated heterocycles. The van der Waals surface area contributed by atoms with Crippen LogP contribution in [0, 0.1) is 28.7 Å². The summed E-state index contributed by atoms with van der Waals surface area (Å²) in [5.74, 6) is -0.0217. The number of aromatic hydroxyl groups is 1. The van der Waals surface area contributed by atoms with Gasteiger partial charge in [0.1, 0.15) is 34.6 Å². The Kier molecular flexibility index (Phi) is 7.52. The molecule has 0 bridgehead atoms. The van der Waals surface area contributed by atoms with Crippen molar-refractivity contribution in [2.45, 2.75) is 20.0 Å². The first-order valence-electron chi connectivity index (χ1n) is 11.3. The minimum absolute atomic E-state index is 0.00182. The van der Waals surface area contributed by atoms with Gasteiger partial charge in [0.15, 0.2) is 0 Å². The lowest BCUT2D eigenvalue weighted by molar-refractivity contribution is -0.385. The summed E-state index contributed by atoms with van der Waals surface area (Å²) in [5.41, 5.74) is 2.03. The van der Waals surface area contributed by atoms with Crippen LogP contribution in [0.1, 0.15) is 16.7 Å². The molecular formula is C28H24F2N2O5. The molecule has 0 fully saturated rings. The van der Waals surface area contributed by atoms with Crippen LogP contribution in [0.3, 0.4) is 0 Å². The minimum atomic E-state index is -0.696. The fraction of sp³-hybridized carbons (Fsp3) is 0.143. The van der Waals surface area contributed by atoms with E-state index in [2.05, 4.69) is 0 Å². The minimum Gasteiger partial charge on any atom is -0.508 e. The monoisotopic (exact) mass is 506 g/mol. The van der Waals surface area contributed by atoms with E-state index in [4.69, 9.17) is 9.47 Å². The van der Waals surface area contributed by atoms with Gasteiger partial charge in [-0.3, -0.25) is 10.1 Å². The molecule has 0 aliphatic carbocycles. The van der Waals surface area contributed by atoms with E-state index in [1.165, 1.54) is 37.4 Å². The lowest BCUT2D eigenvalue weighted by Crippen LogP contribution is -2.24. The SMILES string of the molecule is COc1cc(O)cc(Oc2ccc(CN(Cc3ccc(F)cc3F)c3cccc([N+](=O)[O-])c3C)cc2)c1. The molecule has 37 heavy (non-hydrogen) atoms. The topological polar surface area (TPSA) is 85.1 Å². The van der Waals surface area contributed by atoms with Crippen molar-refractivity contribution < 1.29 is 28.3 Å². The fourth-order valence-electron chi connectivity index (χ4n) is 3.99. The predicted octanol–water partition coefficient (Wildman–Crippen LogP) is 6.89. The van der Waals surface area contributed by atoms with E-state index in [1.807, 2.05) is 12.1 Å². The molecule has 1 N–H and O–H groups in total. The van der Waals surface area contributed by atoms with Crippen molar-refractivity contribution in [1.82, 2.24) is 0 Å². The highest BCUT2D eigenvalue weighted by Crippen LogP contribution is 2.33. The van der Waals surface area contributed by atoms with E-state index >= 15 is 0 Å². The Bertz CT molecular complexity index is 1430. The molecule has 0 spiro atoms. The van der Waals surface area contributed by atoms with Gasteiger partial charge >= 0.3 is 0 Å². The fourth-order valence-corrected chi connectivity index (χ4v) is 3.99. The van der Waals surface area contributed by atoms with E-state index < -0.39 is 16.6 Å². The van der Waals surface area contributed by atoms with Crippen molar-refractivity contribution >= 4 is 11.4 Å². The molecule has 0 atom stereocenters. The smallest absolute Gasteiger partial charge is 0.274 e. The summed E-state index contributed by atoms with van der Waals surface area (Å²) in [6.07, 6.45) is 0. The van der Waals surface area contributed by atoms with E-state index in [9.17, 15) is 24.0 Å². The van der Waals surface area contributed by atoms with Gasteiger partial charge in [0, 0.05) is 54.7 Å². The Morgan fingerprint density at radius 2 is 1.65 bits per heavy atom. The number of ether oxygens (including phenoxy) is 2. The lowest BCUT2D eigenvalue weighted by atomic mass is 10.1. The molecule has 9 heteroatoms. The number of halogens is 2. The zero-order chi connectivity index (χ0) is 26.5.